The number of nitrogens with zero attached hydrogens (tertiary/aromatic N) is 2. The minimum absolute atomic E-state index is 0.0198. The maximum Gasteiger partial charge on any atom is 0.329 e. The molecule has 0 saturated carbocycles. The van der Waals surface area contributed by atoms with Crippen LogP contribution in [0, 0.1) is 6.92 Å². The molecule has 0 aliphatic heterocycles. The Balaban J connectivity index is 1.65. The Morgan fingerprint density at radius 2 is 1.52 bits per heavy atom. The first-order valence-electron chi connectivity index (χ1n) is 12.5. The van der Waals surface area contributed by atoms with E-state index in [0.717, 1.165) is 11.1 Å². The van der Waals surface area contributed by atoms with E-state index in [9.17, 15) is 18.0 Å². The van der Waals surface area contributed by atoms with Crippen LogP contribution in [0.25, 0.3) is 0 Å². The number of pyridine rings is 1. The van der Waals surface area contributed by atoms with Crippen LogP contribution >= 0.6 is 0 Å². The van der Waals surface area contributed by atoms with Gasteiger partial charge in [-0.1, -0.05) is 48.5 Å². The van der Waals surface area contributed by atoms with Crippen molar-refractivity contribution in [2.24, 2.45) is 0 Å². The molecule has 0 saturated heterocycles. The summed E-state index contributed by atoms with van der Waals surface area (Å²) >= 11 is 0. The molecule has 1 aromatic heterocycles. The van der Waals surface area contributed by atoms with Crippen molar-refractivity contribution in [3.05, 3.63) is 120 Å². The molecule has 1 heterocycles. The smallest absolute Gasteiger partial charge is 0.329 e. The second-order valence-electron chi connectivity index (χ2n) is 9.06. The van der Waals surface area contributed by atoms with Gasteiger partial charge in [0.05, 0.1) is 18.6 Å². The highest BCUT2D eigenvalue weighted by Gasteiger charge is 2.29. The molecular weight excluding hydrogens is 528 g/mol. The highest BCUT2D eigenvalue weighted by molar-refractivity contribution is 7.90. The third-order valence-corrected chi connectivity index (χ3v) is 7.73. The van der Waals surface area contributed by atoms with Gasteiger partial charge in [0, 0.05) is 24.5 Å². The van der Waals surface area contributed by atoms with Crippen LogP contribution in [0.3, 0.4) is 0 Å². The normalized spacial score (nSPS) is 11.8. The number of methoxy groups -OCH3 is 1. The molecule has 10 heteroatoms. The lowest BCUT2D eigenvalue weighted by Gasteiger charge is -2.28. The first kappa shape index (κ1) is 28.3. The fraction of sp³-hybridized carbons (Fsp3) is 0.167. The summed E-state index contributed by atoms with van der Waals surface area (Å²) in [5, 5.41) is 2.61. The standard InChI is InChI=1S/C30H30N4O5S/c1-22-8-6-7-11-28(22)40(37,38)33-30(36)32-27(20-23-9-4-3-5-10-23)29(35)34(21-24-16-18-31-19-17-24)25-12-14-26(39-2)15-13-25/h3-19,27H,20-21H2,1-2H3,(H2,32,33,36)/t27-/m0/s1. The number of amides is 3. The number of rotatable bonds is 10. The number of urea groups is 1. The van der Waals surface area contributed by atoms with Crippen molar-refractivity contribution in [1.29, 1.82) is 0 Å². The van der Waals surface area contributed by atoms with Crippen LogP contribution in [0.5, 0.6) is 5.75 Å². The second kappa shape index (κ2) is 12.9. The Kier molecular flexibility index (Phi) is 9.13. The van der Waals surface area contributed by atoms with Gasteiger partial charge in [0.15, 0.2) is 0 Å². The Morgan fingerprint density at radius 1 is 0.875 bits per heavy atom. The van der Waals surface area contributed by atoms with Crippen molar-refractivity contribution in [3.63, 3.8) is 0 Å². The molecule has 3 aromatic carbocycles. The molecule has 4 rings (SSSR count). The topological polar surface area (TPSA) is 118 Å². The summed E-state index contributed by atoms with van der Waals surface area (Å²) in [5.41, 5.74) is 2.68. The van der Waals surface area contributed by atoms with Crippen LogP contribution in [-0.2, 0) is 27.8 Å². The van der Waals surface area contributed by atoms with Gasteiger partial charge in [-0.2, -0.15) is 0 Å². The summed E-state index contributed by atoms with van der Waals surface area (Å²) in [5.74, 6) is 0.203. The van der Waals surface area contributed by atoms with Gasteiger partial charge in [-0.15, -0.1) is 0 Å². The summed E-state index contributed by atoms with van der Waals surface area (Å²) in [6, 6.07) is 24.0. The highest BCUT2D eigenvalue weighted by atomic mass is 32.2. The predicted molar refractivity (Wildman–Crippen MR) is 152 cm³/mol. The number of hydrogen-bond donors (Lipinski definition) is 2. The van der Waals surface area contributed by atoms with Crippen molar-refractivity contribution in [1.82, 2.24) is 15.0 Å². The summed E-state index contributed by atoms with van der Waals surface area (Å²) < 4.78 is 33.2. The molecule has 0 spiro atoms. The summed E-state index contributed by atoms with van der Waals surface area (Å²) in [6.07, 6.45) is 3.41. The average molecular weight is 559 g/mol. The monoisotopic (exact) mass is 558 g/mol. The number of aromatic nitrogens is 1. The van der Waals surface area contributed by atoms with Crippen LogP contribution in [0.4, 0.5) is 10.5 Å². The van der Waals surface area contributed by atoms with E-state index in [2.05, 4.69) is 15.0 Å². The van der Waals surface area contributed by atoms with E-state index in [1.54, 1.807) is 85.9 Å². The van der Waals surface area contributed by atoms with E-state index in [0.29, 0.717) is 17.0 Å². The van der Waals surface area contributed by atoms with Gasteiger partial charge < -0.3 is 15.0 Å². The molecule has 40 heavy (non-hydrogen) atoms. The van der Waals surface area contributed by atoms with E-state index in [1.807, 2.05) is 30.3 Å². The maximum atomic E-state index is 14.1. The number of carbonyl (C=O) groups is 2. The van der Waals surface area contributed by atoms with Crippen molar-refractivity contribution in [2.75, 3.05) is 12.0 Å². The summed E-state index contributed by atoms with van der Waals surface area (Å²) in [6.45, 7) is 1.84. The van der Waals surface area contributed by atoms with Gasteiger partial charge in [-0.3, -0.25) is 9.78 Å². The Hall–Kier alpha value is -4.70. The molecule has 0 aliphatic rings. The van der Waals surface area contributed by atoms with Gasteiger partial charge in [0.2, 0.25) is 5.91 Å². The molecule has 1 atom stereocenters. The van der Waals surface area contributed by atoms with Crippen LogP contribution in [-0.4, -0.2) is 38.5 Å². The number of carbonyl (C=O) groups excluding carboxylic acids is 2. The van der Waals surface area contributed by atoms with Gasteiger partial charge >= 0.3 is 6.03 Å². The molecule has 3 amide bonds. The second-order valence-corrected chi connectivity index (χ2v) is 10.7. The number of sulfonamides is 1. The van der Waals surface area contributed by atoms with Crippen molar-refractivity contribution >= 4 is 27.6 Å². The SMILES string of the molecule is COc1ccc(N(Cc2ccncc2)C(=O)[C@H](Cc2ccccc2)NC(=O)NS(=O)(=O)c2ccccc2C)cc1. The number of nitrogens with one attached hydrogen (secondary N) is 2. The number of benzene rings is 3. The molecule has 9 nitrogen and oxygen atoms in total. The van der Waals surface area contributed by atoms with Crippen LogP contribution < -0.4 is 19.7 Å². The Labute approximate surface area is 233 Å². The maximum absolute atomic E-state index is 14.1. The summed E-state index contributed by atoms with van der Waals surface area (Å²) in [4.78, 5) is 32.7. The largest absolute Gasteiger partial charge is 0.497 e. The van der Waals surface area contributed by atoms with Crippen molar-refractivity contribution < 1.29 is 22.7 Å². The lowest BCUT2D eigenvalue weighted by Crippen LogP contribution is -2.53. The van der Waals surface area contributed by atoms with E-state index in [1.165, 1.54) is 6.07 Å². The van der Waals surface area contributed by atoms with Crippen molar-refractivity contribution in [2.45, 2.75) is 30.8 Å². The molecule has 0 fully saturated rings. The third-order valence-electron chi connectivity index (χ3n) is 6.24. The van der Waals surface area contributed by atoms with Gasteiger partial charge in [-0.25, -0.2) is 17.9 Å². The van der Waals surface area contributed by atoms with Gasteiger partial charge in [0.1, 0.15) is 11.8 Å². The molecule has 0 bridgehead atoms. The van der Waals surface area contributed by atoms with Crippen LogP contribution in [0.2, 0.25) is 0 Å². The number of anilines is 1. The fourth-order valence-corrected chi connectivity index (χ4v) is 5.35. The van der Waals surface area contributed by atoms with E-state index >= 15 is 0 Å². The summed E-state index contributed by atoms with van der Waals surface area (Å²) in [7, 11) is -2.62. The van der Waals surface area contributed by atoms with E-state index in [4.69, 9.17) is 4.74 Å². The first-order chi connectivity index (χ1) is 19.3. The van der Waals surface area contributed by atoms with Gasteiger partial charge in [0.25, 0.3) is 10.0 Å². The van der Waals surface area contributed by atoms with E-state index in [-0.39, 0.29) is 17.9 Å². The minimum Gasteiger partial charge on any atom is -0.497 e. The predicted octanol–water partition coefficient (Wildman–Crippen LogP) is 4.23. The Bertz CT molecular complexity index is 1550. The third kappa shape index (κ3) is 7.23. The lowest BCUT2D eigenvalue weighted by molar-refractivity contribution is -0.120. The highest BCUT2D eigenvalue weighted by Crippen LogP contribution is 2.23. The number of ether oxygens (including phenoxy) is 1. The molecule has 0 aliphatic carbocycles. The fourth-order valence-electron chi connectivity index (χ4n) is 4.19. The molecule has 4 aromatic rings. The quantitative estimate of drug-likeness (QED) is 0.301. The zero-order chi connectivity index (χ0) is 28.5. The van der Waals surface area contributed by atoms with Crippen molar-refractivity contribution in [3.8, 4) is 5.75 Å². The minimum atomic E-state index is -4.17. The molecule has 0 radical (unpaired) electrons. The van der Waals surface area contributed by atoms with E-state index < -0.39 is 28.0 Å². The first-order valence-corrected chi connectivity index (χ1v) is 14.0. The van der Waals surface area contributed by atoms with Crippen LogP contribution in [0.15, 0.2) is 108 Å². The van der Waals surface area contributed by atoms with Crippen LogP contribution in [0.1, 0.15) is 16.7 Å². The number of hydrogen-bond acceptors (Lipinski definition) is 6. The number of aryl methyl sites for hydroxylation is 1. The molecule has 2 N–H and O–H groups in total. The zero-order valence-corrected chi connectivity index (χ0v) is 23.0. The molecular formula is C30H30N4O5S. The zero-order valence-electron chi connectivity index (χ0n) is 22.2. The molecule has 206 valence electrons. The Morgan fingerprint density at radius 3 is 2.17 bits per heavy atom. The van der Waals surface area contributed by atoms with Gasteiger partial charge in [-0.05, 0) is 66.1 Å². The lowest BCUT2D eigenvalue weighted by atomic mass is 10.0. The molecule has 0 unspecified atom stereocenters. The average Bonchev–Trinajstić information content (AvgIpc) is 2.96.